The van der Waals surface area contributed by atoms with E-state index in [-0.39, 0.29) is 81.7 Å². The van der Waals surface area contributed by atoms with E-state index in [0.29, 0.717) is 6.42 Å². The number of carbonyl (C=O) groups is 13. The van der Waals surface area contributed by atoms with Gasteiger partial charge in [-0.2, -0.15) is 0 Å². The maximum Gasteiger partial charge on any atom is 0.312 e. The minimum Gasteiger partial charge on any atom is -0.481 e. The van der Waals surface area contributed by atoms with Gasteiger partial charge in [-0.1, -0.05) is 48.5 Å². The predicted octanol–water partition coefficient (Wildman–Crippen LogP) is -3.81. The summed E-state index contributed by atoms with van der Waals surface area (Å²) in [5.41, 5.74) is 14.2. The monoisotopic (exact) mass is 1140 g/mol. The van der Waals surface area contributed by atoms with Crippen LogP contribution in [0.25, 0.3) is 0 Å². The number of carboxylic acids is 1. The molecule has 19 N–H and O–H groups in total. The molecule has 0 heterocycles. The molecule has 0 rings (SSSR count). The van der Waals surface area contributed by atoms with Gasteiger partial charge < -0.3 is 86.1 Å². The molecule has 0 spiro atoms. The number of likely N-dealkylation sites (N-methyl/N-ethyl adjacent to an activating group) is 1. The van der Waals surface area contributed by atoms with Crippen LogP contribution in [0.4, 0.5) is 4.79 Å². The Morgan fingerprint density at radius 2 is 0.988 bits per heavy atom. The Morgan fingerprint density at radius 1 is 0.525 bits per heavy atom. The molecule has 13 amide bonds. The average molecular weight is 1140 g/mol. The Balaban J connectivity index is 6.22. The van der Waals surface area contributed by atoms with Crippen LogP contribution in [-0.2, 0) is 57.5 Å². The smallest absolute Gasteiger partial charge is 0.312 e. The fourth-order valence-corrected chi connectivity index (χ4v) is 7.64. The lowest BCUT2D eigenvalue weighted by Gasteiger charge is -2.31. The van der Waals surface area contributed by atoms with E-state index in [4.69, 9.17) is 17.2 Å². The summed E-state index contributed by atoms with van der Waals surface area (Å²) >= 11 is 0. The Morgan fingerprint density at radius 3 is 1.46 bits per heavy atom. The fraction of sp³-hybridized carbons (Fsp3) is 0.720. The van der Waals surface area contributed by atoms with Gasteiger partial charge >= 0.3 is 12.0 Å². The van der Waals surface area contributed by atoms with E-state index in [2.05, 4.69) is 68.8 Å². The minimum absolute atomic E-state index is 0.00970. The third-order valence-corrected chi connectivity index (χ3v) is 11.7. The first-order chi connectivity index (χ1) is 37.1. The summed E-state index contributed by atoms with van der Waals surface area (Å²) < 4.78 is 0. The molecule has 0 aromatic carbocycles. The topological polar surface area (TPSA) is 477 Å². The van der Waals surface area contributed by atoms with Gasteiger partial charge in [0, 0.05) is 27.1 Å². The quantitative estimate of drug-likeness (QED) is 0.0161. The maximum absolute atomic E-state index is 14.0. The van der Waals surface area contributed by atoms with Gasteiger partial charge in [0.15, 0.2) is 5.96 Å². The van der Waals surface area contributed by atoms with Crippen LogP contribution in [0.15, 0.2) is 4.99 Å². The zero-order valence-corrected chi connectivity index (χ0v) is 48.3. The number of hydrogen-bond donors (Lipinski definition) is 16. The highest BCUT2D eigenvalue weighted by Crippen LogP contribution is 2.13. The summed E-state index contributed by atoms with van der Waals surface area (Å²) in [6, 6.07) is -11.2. The fourth-order valence-electron chi connectivity index (χ4n) is 7.64. The van der Waals surface area contributed by atoms with Crippen LogP contribution in [0.1, 0.15) is 134 Å². The second kappa shape index (κ2) is 36.4. The highest BCUT2D eigenvalue weighted by molar-refractivity contribution is 5.99. The SMILES string of the molecule is CC[C@H](NC(=O)[C@H](C)NC(=O)[C@H](CC(C)C)NC(=O)C(CC(=O)O)NC(=O)CNC(=O)C(CCCN=C(N)N)NC(C)=O)C(=O)N[C@@H](CC(C)C)C(=O)N[C@@H](CCCNC(N)=O)C(=O)NC(C)(C)C(=O)N[C@@H](CC(C)C)C(=O)NC. The molecule has 30 heteroatoms. The summed E-state index contributed by atoms with van der Waals surface area (Å²) in [5.74, 6) is -10.8. The van der Waals surface area contributed by atoms with E-state index in [1.807, 2.05) is 13.8 Å². The zero-order chi connectivity index (χ0) is 61.6. The first-order valence-corrected chi connectivity index (χ1v) is 26.6. The van der Waals surface area contributed by atoms with E-state index in [0.717, 1.165) is 0 Å². The normalized spacial score (nSPS) is 14.1. The number of carbonyl (C=O) groups excluding carboxylic acids is 12. The molecule has 0 aliphatic heterocycles. The van der Waals surface area contributed by atoms with Crippen LogP contribution >= 0.6 is 0 Å². The van der Waals surface area contributed by atoms with E-state index in [9.17, 15) is 67.4 Å². The summed E-state index contributed by atoms with van der Waals surface area (Å²) in [6.45, 7) is 17.0. The Hall–Kier alpha value is -7.82. The Bertz CT molecular complexity index is 2190. The number of nitrogens with one attached hydrogen (secondary N) is 12. The van der Waals surface area contributed by atoms with Crippen LogP contribution in [0.2, 0.25) is 0 Å². The number of amides is 13. The highest BCUT2D eigenvalue weighted by Gasteiger charge is 2.37. The number of nitrogens with zero attached hydrogens (tertiary/aromatic N) is 1. The molecule has 0 bridgehead atoms. The number of hydrogen-bond acceptors (Lipinski definition) is 14. The molecule has 0 aliphatic rings. The number of rotatable bonds is 37. The van der Waals surface area contributed by atoms with Crippen LogP contribution in [0.5, 0.6) is 0 Å². The molecular weight excluding hydrogens is 1050 g/mol. The van der Waals surface area contributed by atoms with Gasteiger partial charge in [0.1, 0.15) is 53.9 Å². The van der Waals surface area contributed by atoms with Crippen molar-refractivity contribution in [1.29, 1.82) is 0 Å². The number of primary amides is 1. The van der Waals surface area contributed by atoms with E-state index in [1.165, 1.54) is 34.7 Å². The van der Waals surface area contributed by atoms with Gasteiger partial charge in [-0.25, -0.2) is 4.79 Å². The van der Waals surface area contributed by atoms with Crippen molar-refractivity contribution >= 4 is 82.9 Å². The molecule has 2 unspecified atom stereocenters. The van der Waals surface area contributed by atoms with Crippen molar-refractivity contribution in [2.75, 3.05) is 26.7 Å². The van der Waals surface area contributed by atoms with Gasteiger partial charge in [0.2, 0.25) is 65.0 Å². The molecule has 80 heavy (non-hydrogen) atoms. The van der Waals surface area contributed by atoms with E-state index in [1.54, 1.807) is 34.6 Å². The second-order valence-electron chi connectivity index (χ2n) is 21.1. The highest BCUT2D eigenvalue weighted by atomic mass is 16.4. The summed E-state index contributed by atoms with van der Waals surface area (Å²) in [5, 5.41) is 39.5. The first kappa shape index (κ1) is 72.2. The number of nitrogens with two attached hydrogens (primary N) is 3. The van der Waals surface area contributed by atoms with Crippen LogP contribution in [-0.4, -0.2) is 169 Å². The standard InChI is InChI=1S/C50H90N16O14/c1-13-30(42(74)63-35(22-27(6)7)44(76)62-32(17-15-19-56-49(53)80)46(78)66-50(10,11)47(79)65-33(20-25(2)3)40(72)54-12)61-39(71)28(8)58-43(75)34(21-26(4)5)64-45(77)36(23-38(69)70)60-37(68)24-57-41(73)31(59-29(9)67)16-14-18-55-48(51)52/h25-28,30-36H,13-24H2,1-12H3,(H,54,72)(H,57,73)(H,58,75)(H,59,67)(H,60,68)(H,61,71)(H,62,76)(H,63,74)(H,64,77)(H,65,79)(H,66,78)(H,69,70)(H4,51,52,55)(H3,53,56,80)/t28-,30-,31?,32-,33-,34-,35-,36?/m0/s1. The number of aliphatic imine (C=N–C) groups is 1. The molecule has 0 aromatic rings. The second-order valence-corrected chi connectivity index (χ2v) is 21.1. The molecule has 0 aromatic heterocycles. The van der Waals surface area contributed by atoms with Crippen molar-refractivity contribution in [3.8, 4) is 0 Å². The average Bonchev–Trinajstić information content (AvgIpc) is 3.34. The summed E-state index contributed by atoms with van der Waals surface area (Å²) in [4.78, 5) is 173. The third-order valence-electron chi connectivity index (χ3n) is 11.7. The van der Waals surface area contributed by atoms with Gasteiger partial charge in [0.25, 0.3) is 0 Å². The van der Waals surface area contributed by atoms with Crippen molar-refractivity contribution in [2.24, 2.45) is 39.9 Å². The molecular formula is C50H90N16O14. The molecule has 0 saturated heterocycles. The third kappa shape index (κ3) is 29.8. The maximum atomic E-state index is 14.0. The Kier molecular flexibility index (Phi) is 32.8. The van der Waals surface area contributed by atoms with Crippen molar-refractivity contribution < 1.29 is 67.4 Å². The van der Waals surface area contributed by atoms with Gasteiger partial charge in [-0.3, -0.25) is 62.5 Å². The van der Waals surface area contributed by atoms with Crippen molar-refractivity contribution in [2.45, 2.75) is 188 Å². The number of carboxylic acid groups (broad SMARTS) is 1. The largest absolute Gasteiger partial charge is 0.481 e. The predicted molar refractivity (Wildman–Crippen MR) is 294 cm³/mol. The number of urea groups is 1. The summed E-state index contributed by atoms with van der Waals surface area (Å²) in [7, 11) is 1.42. The van der Waals surface area contributed by atoms with E-state index >= 15 is 0 Å². The molecule has 0 saturated carbocycles. The first-order valence-electron chi connectivity index (χ1n) is 26.6. The van der Waals surface area contributed by atoms with Crippen LogP contribution in [0, 0.1) is 17.8 Å². The number of aliphatic carboxylic acids is 1. The molecule has 0 aliphatic carbocycles. The lowest BCUT2D eigenvalue weighted by atomic mass is 9.98. The van der Waals surface area contributed by atoms with Gasteiger partial charge in [-0.05, 0) is 89.9 Å². The van der Waals surface area contributed by atoms with E-state index < -0.39 is 144 Å². The lowest BCUT2D eigenvalue weighted by molar-refractivity contribution is -0.141. The number of guanidine groups is 1. The Labute approximate surface area is 467 Å². The molecule has 30 nitrogen and oxygen atoms in total. The van der Waals surface area contributed by atoms with Crippen molar-refractivity contribution in [3.63, 3.8) is 0 Å². The van der Waals surface area contributed by atoms with Crippen LogP contribution in [0.3, 0.4) is 0 Å². The lowest BCUT2D eigenvalue weighted by Crippen LogP contribution is -2.62. The minimum atomic E-state index is -1.75. The zero-order valence-electron chi connectivity index (χ0n) is 48.3. The van der Waals surface area contributed by atoms with Crippen molar-refractivity contribution in [3.05, 3.63) is 0 Å². The summed E-state index contributed by atoms with van der Waals surface area (Å²) in [6.07, 6.45) is -0.191. The molecule has 454 valence electrons. The molecule has 0 radical (unpaired) electrons. The van der Waals surface area contributed by atoms with Crippen LogP contribution < -0.4 is 81.0 Å². The molecule has 8 atom stereocenters. The van der Waals surface area contributed by atoms with Gasteiger partial charge in [-0.15, -0.1) is 0 Å². The molecule has 0 fully saturated rings. The van der Waals surface area contributed by atoms with Gasteiger partial charge in [0.05, 0.1) is 13.0 Å². The van der Waals surface area contributed by atoms with Crippen molar-refractivity contribution in [1.82, 2.24) is 63.8 Å².